The summed E-state index contributed by atoms with van der Waals surface area (Å²) < 4.78 is 18.9. The molecule has 0 aliphatic carbocycles. The zero-order valence-electron chi connectivity index (χ0n) is 17.1. The molecule has 0 saturated carbocycles. The smallest absolute Gasteiger partial charge is 0.258 e. The molecule has 1 atom stereocenters. The Labute approximate surface area is 180 Å². The maximum absolute atomic E-state index is 13.3. The molecule has 1 N–H and O–H groups in total. The van der Waals surface area contributed by atoms with Gasteiger partial charge >= 0.3 is 0 Å². The number of allylic oxidation sites excluding steroid dienone is 1. The van der Waals surface area contributed by atoms with Gasteiger partial charge in [-0.15, -0.1) is 0 Å². The molecule has 154 valence electrons. The highest BCUT2D eigenvalue weighted by Crippen LogP contribution is 2.37. The maximum Gasteiger partial charge on any atom is 0.258 e. The van der Waals surface area contributed by atoms with Crippen LogP contribution in [-0.2, 0) is 0 Å². The average Bonchev–Trinajstić information content (AvgIpc) is 3.21. The van der Waals surface area contributed by atoms with Crippen LogP contribution in [0.1, 0.15) is 43.3 Å². The van der Waals surface area contributed by atoms with Crippen LogP contribution in [0.5, 0.6) is 0 Å². The van der Waals surface area contributed by atoms with Crippen molar-refractivity contribution in [3.63, 3.8) is 0 Å². The standard InChI is InChI=1S/C23H23FN4OS/c1-4-13-28-15(3)19(20(25-23(28)30)16-7-5-14(2)6-8-16)22-26-21(27-29-22)17-9-11-18(24)12-10-17/h5-12,20H,4,13H2,1-3H3,(H,25,30). The van der Waals surface area contributed by atoms with Crippen molar-refractivity contribution in [2.24, 2.45) is 0 Å². The summed E-state index contributed by atoms with van der Waals surface area (Å²) in [6, 6.07) is 14.1. The lowest BCUT2D eigenvalue weighted by Gasteiger charge is -2.37. The first-order valence-electron chi connectivity index (χ1n) is 9.93. The van der Waals surface area contributed by atoms with Crippen LogP contribution in [0.15, 0.2) is 58.8 Å². The number of nitrogens with zero attached hydrogens (tertiary/aromatic N) is 3. The summed E-state index contributed by atoms with van der Waals surface area (Å²) in [6.45, 7) is 6.99. The van der Waals surface area contributed by atoms with Gasteiger partial charge in [0.25, 0.3) is 5.89 Å². The Hall–Kier alpha value is -3.06. The highest BCUT2D eigenvalue weighted by Gasteiger charge is 2.33. The topological polar surface area (TPSA) is 54.2 Å². The van der Waals surface area contributed by atoms with Crippen LogP contribution < -0.4 is 5.32 Å². The maximum atomic E-state index is 13.3. The molecule has 1 aromatic heterocycles. The third-order valence-corrected chi connectivity index (χ3v) is 5.55. The largest absolute Gasteiger partial charge is 0.351 e. The fraction of sp³-hybridized carbons (Fsp3) is 0.261. The number of hydrogen-bond acceptors (Lipinski definition) is 4. The molecule has 2 aromatic carbocycles. The normalized spacial score (nSPS) is 16.7. The van der Waals surface area contributed by atoms with Crippen molar-refractivity contribution < 1.29 is 8.91 Å². The number of aromatic nitrogens is 2. The van der Waals surface area contributed by atoms with Crippen LogP contribution in [0.3, 0.4) is 0 Å². The second kappa shape index (κ2) is 8.36. The molecule has 1 aliphatic rings. The van der Waals surface area contributed by atoms with Crippen LogP contribution in [0.4, 0.5) is 4.39 Å². The summed E-state index contributed by atoms with van der Waals surface area (Å²) in [7, 11) is 0. The summed E-state index contributed by atoms with van der Waals surface area (Å²) >= 11 is 5.65. The first kappa shape index (κ1) is 20.2. The predicted octanol–water partition coefficient (Wildman–Crippen LogP) is 5.26. The first-order chi connectivity index (χ1) is 14.5. The van der Waals surface area contributed by atoms with Crippen molar-refractivity contribution in [1.82, 2.24) is 20.4 Å². The van der Waals surface area contributed by atoms with Gasteiger partial charge in [0, 0.05) is 17.8 Å². The van der Waals surface area contributed by atoms with Crippen molar-refractivity contribution in [2.45, 2.75) is 33.2 Å². The van der Waals surface area contributed by atoms with Crippen molar-refractivity contribution in [1.29, 1.82) is 0 Å². The Morgan fingerprint density at radius 3 is 2.47 bits per heavy atom. The Kier molecular flexibility index (Phi) is 5.63. The summed E-state index contributed by atoms with van der Waals surface area (Å²) in [5.41, 5.74) is 4.82. The molecule has 5 nitrogen and oxygen atoms in total. The lowest BCUT2D eigenvalue weighted by atomic mass is 9.94. The third-order valence-electron chi connectivity index (χ3n) is 5.21. The minimum Gasteiger partial charge on any atom is -0.351 e. The van der Waals surface area contributed by atoms with Gasteiger partial charge in [-0.3, -0.25) is 0 Å². The van der Waals surface area contributed by atoms with Crippen LogP contribution in [-0.4, -0.2) is 26.7 Å². The van der Waals surface area contributed by atoms with E-state index in [4.69, 9.17) is 16.7 Å². The monoisotopic (exact) mass is 422 g/mol. The van der Waals surface area contributed by atoms with E-state index in [9.17, 15) is 4.39 Å². The predicted molar refractivity (Wildman–Crippen MR) is 119 cm³/mol. The van der Waals surface area contributed by atoms with E-state index in [1.54, 1.807) is 12.1 Å². The number of halogens is 1. The number of rotatable bonds is 5. The highest BCUT2D eigenvalue weighted by atomic mass is 32.1. The van der Waals surface area contributed by atoms with E-state index >= 15 is 0 Å². The molecule has 30 heavy (non-hydrogen) atoms. The molecule has 0 fully saturated rings. The van der Waals surface area contributed by atoms with Crippen molar-refractivity contribution in [2.75, 3.05) is 6.54 Å². The zero-order valence-corrected chi connectivity index (χ0v) is 18.0. The second-order valence-corrected chi connectivity index (χ2v) is 7.76. The molecule has 0 radical (unpaired) electrons. The zero-order chi connectivity index (χ0) is 21.3. The van der Waals surface area contributed by atoms with Gasteiger partial charge in [-0.1, -0.05) is 41.9 Å². The SMILES string of the molecule is CCCN1C(=S)NC(c2ccc(C)cc2)C(c2nc(-c3ccc(F)cc3)no2)=C1C. The first-order valence-corrected chi connectivity index (χ1v) is 10.3. The summed E-state index contributed by atoms with van der Waals surface area (Å²) in [5.74, 6) is 0.539. The van der Waals surface area contributed by atoms with Gasteiger partial charge < -0.3 is 14.7 Å². The second-order valence-electron chi connectivity index (χ2n) is 7.37. The number of nitrogens with one attached hydrogen (secondary N) is 1. The van der Waals surface area contributed by atoms with Gasteiger partial charge in [0.15, 0.2) is 5.11 Å². The molecule has 4 rings (SSSR count). The summed E-state index contributed by atoms with van der Waals surface area (Å²) in [4.78, 5) is 6.70. The fourth-order valence-electron chi connectivity index (χ4n) is 3.61. The molecule has 0 saturated heterocycles. The highest BCUT2D eigenvalue weighted by molar-refractivity contribution is 7.80. The lowest BCUT2D eigenvalue weighted by Crippen LogP contribution is -2.46. The molecule has 7 heteroatoms. The average molecular weight is 423 g/mol. The number of thiocarbonyl (C=S) groups is 1. The molecule has 1 aliphatic heterocycles. The molecule has 2 heterocycles. The van der Waals surface area contributed by atoms with Crippen LogP contribution in [0.2, 0.25) is 0 Å². The summed E-state index contributed by atoms with van der Waals surface area (Å²) in [6.07, 6.45) is 0.951. The van der Waals surface area contributed by atoms with Gasteiger partial charge in [0.1, 0.15) is 5.82 Å². The van der Waals surface area contributed by atoms with Crippen LogP contribution >= 0.6 is 12.2 Å². The number of benzene rings is 2. The van der Waals surface area contributed by atoms with Crippen molar-refractivity contribution >= 4 is 22.9 Å². The minimum atomic E-state index is -0.305. The molecule has 3 aromatic rings. The van der Waals surface area contributed by atoms with Crippen LogP contribution in [0.25, 0.3) is 17.0 Å². The van der Waals surface area contributed by atoms with Gasteiger partial charge in [-0.05, 0) is 62.3 Å². The number of hydrogen-bond donors (Lipinski definition) is 1. The van der Waals surface area contributed by atoms with Gasteiger partial charge in [-0.2, -0.15) is 4.98 Å². The Morgan fingerprint density at radius 2 is 1.80 bits per heavy atom. The van der Waals surface area contributed by atoms with E-state index in [1.165, 1.54) is 17.7 Å². The van der Waals surface area contributed by atoms with Crippen LogP contribution in [0, 0.1) is 12.7 Å². The molecular formula is C23H23FN4OS. The van der Waals surface area contributed by atoms with E-state index in [-0.39, 0.29) is 11.9 Å². The molecule has 0 amide bonds. The molecule has 1 unspecified atom stereocenters. The quantitative estimate of drug-likeness (QED) is 0.566. The van der Waals surface area contributed by atoms with E-state index in [2.05, 4.69) is 58.5 Å². The van der Waals surface area contributed by atoms with Crippen molar-refractivity contribution in [3.8, 4) is 11.4 Å². The van der Waals surface area contributed by atoms with Gasteiger partial charge in [-0.25, -0.2) is 4.39 Å². The van der Waals surface area contributed by atoms with Gasteiger partial charge in [0.2, 0.25) is 5.82 Å². The lowest BCUT2D eigenvalue weighted by molar-refractivity contribution is 0.396. The van der Waals surface area contributed by atoms with E-state index in [1.807, 2.05) is 6.92 Å². The third kappa shape index (κ3) is 3.85. The molecule has 0 spiro atoms. The minimum absolute atomic E-state index is 0.201. The van der Waals surface area contributed by atoms with Gasteiger partial charge in [0.05, 0.1) is 11.6 Å². The van der Waals surface area contributed by atoms with Crippen molar-refractivity contribution in [3.05, 3.63) is 77.1 Å². The van der Waals surface area contributed by atoms with E-state index < -0.39 is 0 Å². The van der Waals surface area contributed by atoms with E-state index in [0.29, 0.717) is 22.4 Å². The fourth-order valence-corrected chi connectivity index (χ4v) is 3.96. The van der Waals surface area contributed by atoms with E-state index in [0.717, 1.165) is 29.8 Å². The molecular weight excluding hydrogens is 399 g/mol. The summed E-state index contributed by atoms with van der Waals surface area (Å²) in [5, 5.41) is 8.26. The Balaban J connectivity index is 1.80. The number of aryl methyl sites for hydroxylation is 1. The Morgan fingerprint density at radius 1 is 1.10 bits per heavy atom. The molecule has 0 bridgehead atoms. The Bertz CT molecular complexity index is 1090.